The molecular formula is C21H31N3O3. The number of nitrogens with zero attached hydrogens (tertiary/aromatic N) is 2. The average molecular weight is 373 g/mol. The summed E-state index contributed by atoms with van der Waals surface area (Å²) in [6.07, 6.45) is 3.09. The SMILES string of the molecule is CC(C)N1C(=O)CO[C@H](C(=O)NCCN2CCCCC2)[C@H]1c1ccccc1. The van der Waals surface area contributed by atoms with Gasteiger partial charge in [0.25, 0.3) is 5.91 Å². The van der Waals surface area contributed by atoms with Crippen LogP contribution in [0.5, 0.6) is 0 Å². The molecular weight excluding hydrogens is 342 g/mol. The average Bonchev–Trinajstić information content (AvgIpc) is 2.68. The largest absolute Gasteiger partial charge is 0.356 e. The van der Waals surface area contributed by atoms with Crippen LogP contribution in [0.15, 0.2) is 30.3 Å². The minimum absolute atomic E-state index is 0.00439. The van der Waals surface area contributed by atoms with Gasteiger partial charge in [0.1, 0.15) is 6.61 Å². The number of nitrogens with one attached hydrogen (secondary N) is 1. The molecule has 3 rings (SSSR count). The first-order valence-corrected chi connectivity index (χ1v) is 10.1. The summed E-state index contributed by atoms with van der Waals surface area (Å²) in [5.41, 5.74) is 0.926. The molecule has 2 fully saturated rings. The normalized spacial score (nSPS) is 24.3. The molecule has 2 atom stereocenters. The van der Waals surface area contributed by atoms with Gasteiger partial charge >= 0.3 is 0 Å². The van der Waals surface area contributed by atoms with Crippen LogP contribution >= 0.6 is 0 Å². The lowest BCUT2D eigenvalue weighted by Crippen LogP contribution is -2.56. The minimum Gasteiger partial charge on any atom is -0.356 e. The molecule has 2 amide bonds. The van der Waals surface area contributed by atoms with Gasteiger partial charge in [0.15, 0.2) is 6.10 Å². The standard InChI is InChI=1S/C21H31N3O3/c1-16(2)24-18(25)15-27-20(19(24)17-9-5-3-6-10-17)21(26)22-11-14-23-12-7-4-8-13-23/h3,5-6,9-10,16,19-20H,4,7-8,11-15H2,1-2H3,(H,22,26)/t19-,20+/m1/s1. The number of benzene rings is 1. The van der Waals surface area contributed by atoms with Crippen LogP contribution in [-0.4, -0.2) is 66.5 Å². The maximum atomic E-state index is 12.9. The van der Waals surface area contributed by atoms with Crippen molar-refractivity contribution in [3.63, 3.8) is 0 Å². The van der Waals surface area contributed by atoms with E-state index in [0.717, 1.165) is 25.2 Å². The van der Waals surface area contributed by atoms with Gasteiger partial charge in [0.2, 0.25) is 5.91 Å². The van der Waals surface area contributed by atoms with Crippen molar-refractivity contribution in [2.45, 2.75) is 51.3 Å². The molecule has 1 aromatic carbocycles. The first-order valence-electron chi connectivity index (χ1n) is 10.1. The van der Waals surface area contributed by atoms with Crippen LogP contribution in [-0.2, 0) is 14.3 Å². The van der Waals surface area contributed by atoms with Gasteiger partial charge in [-0.15, -0.1) is 0 Å². The molecule has 0 spiro atoms. The van der Waals surface area contributed by atoms with Crippen LogP contribution in [0.1, 0.15) is 44.7 Å². The lowest BCUT2D eigenvalue weighted by molar-refractivity contribution is -0.167. The van der Waals surface area contributed by atoms with Gasteiger partial charge < -0.3 is 19.9 Å². The van der Waals surface area contributed by atoms with Crippen molar-refractivity contribution in [1.29, 1.82) is 0 Å². The lowest BCUT2D eigenvalue weighted by Gasteiger charge is -2.42. The van der Waals surface area contributed by atoms with E-state index in [1.807, 2.05) is 44.2 Å². The predicted octanol–water partition coefficient (Wildman–Crippen LogP) is 1.97. The zero-order valence-corrected chi connectivity index (χ0v) is 16.4. The highest BCUT2D eigenvalue weighted by atomic mass is 16.5. The quantitative estimate of drug-likeness (QED) is 0.828. The summed E-state index contributed by atoms with van der Waals surface area (Å²) in [7, 11) is 0. The Balaban J connectivity index is 1.69. The fraction of sp³-hybridized carbons (Fsp3) is 0.619. The van der Waals surface area contributed by atoms with Crippen molar-refractivity contribution in [2.75, 3.05) is 32.8 Å². The number of hydrogen-bond donors (Lipinski definition) is 1. The van der Waals surface area contributed by atoms with Crippen LogP contribution in [0.25, 0.3) is 0 Å². The Bertz CT molecular complexity index is 629. The zero-order chi connectivity index (χ0) is 19.2. The molecule has 6 nitrogen and oxygen atoms in total. The Morgan fingerprint density at radius 1 is 1.19 bits per heavy atom. The molecule has 2 saturated heterocycles. The number of ether oxygens (including phenoxy) is 1. The van der Waals surface area contributed by atoms with Crippen molar-refractivity contribution < 1.29 is 14.3 Å². The molecule has 2 aliphatic heterocycles. The second-order valence-electron chi connectivity index (χ2n) is 7.68. The molecule has 0 saturated carbocycles. The third-order valence-electron chi connectivity index (χ3n) is 5.39. The van der Waals surface area contributed by atoms with Crippen molar-refractivity contribution in [2.24, 2.45) is 0 Å². The van der Waals surface area contributed by atoms with Gasteiger partial charge in [0.05, 0.1) is 6.04 Å². The molecule has 0 bridgehead atoms. The van der Waals surface area contributed by atoms with Gasteiger partial charge in [0, 0.05) is 19.1 Å². The van der Waals surface area contributed by atoms with Crippen LogP contribution < -0.4 is 5.32 Å². The number of morpholine rings is 1. The summed E-state index contributed by atoms with van der Waals surface area (Å²) in [5.74, 6) is -0.213. The Labute approximate surface area is 161 Å². The highest BCUT2D eigenvalue weighted by Gasteiger charge is 2.42. The molecule has 6 heteroatoms. The third kappa shape index (κ3) is 4.87. The summed E-state index contributed by atoms with van der Waals surface area (Å²) >= 11 is 0. The Hall–Kier alpha value is -1.92. The summed E-state index contributed by atoms with van der Waals surface area (Å²) in [6.45, 7) is 7.59. The van der Waals surface area contributed by atoms with Gasteiger partial charge in [-0.2, -0.15) is 0 Å². The van der Waals surface area contributed by atoms with Gasteiger partial charge in [-0.05, 0) is 45.3 Å². The van der Waals surface area contributed by atoms with Crippen molar-refractivity contribution >= 4 is 11.8 Å². The number of likely N-dealkylation sites (tertiary alicyclic amines) is 1. The predicted molar refractivity (Wildman–Crippen MR) is 104 cm³/mol. The molecule has 2 aliphatic rings. The molecule has 148 valence electrons. The number of amides is 2. The third-order valence-corrected chi connectivity index (χ3v) is 5.39. The van der Waals surface area contributed by atoms with E-state index in [2.05, 4.69) is 10.2 Å². The molecule has 0 aromatic heterocycles. The first-order chi connectivity index (χ1) is 13.1. The Morgan fingerprint density at radius 2 is 1.89 bits per heavy atom. The van der Waals surface area contributed by atoms with E-state index in [9.17, 15) is 9.59 Å². The molecule has 0 radical (unpaired) electrons. The van der Waals surface area contributed by atoms with E-state index in [-0.39, 0.29) is 24.5 Å². The topological polar surface area (TPSA) is 61.9 Å². The van der Waals surface area contributed by atoms with Crippen molar-refractivity contribution in [3.05, 3.63) is 35.9 Å². The monoisotopic (exact) mass is 373 g/mol. The highest BCUT2D eigenvalue weighted by molar-refractivity contribution is 5.86. The number of carbonyl (C=O) groups excluding carboxylic acids is 2. The van der Waals surface area contributed by atoms with E-state index >= 15 is 0 Å². The van der Waals surface area contributed by atoms with E-state index in [1.165, 1.54) is 19.3 Å². The van der Waals surface area contributed by atoms with Gasteiger partial charge in [-0.1, -0.05) is 36.8 Å². The number of piperidine rings is 1. The fourth-order valence-corrected chi connectivity index (χ4v) is 4.06. The maximum absolute atomic E-state index is 12.9. The molecule has 0 unspecified atom stereocenters. The smallest absolute Gasteiger partial charge is 0.251 e. The Kier molecular flexibility index (Phi) is 6.85. The van der Waals surface area contributed by atoms with Crippen LogP contribution in [0.2, 0.25) is 0 Å². The van der Waals surface area contributed by atoms with Crippen molar-refractivity contribution in [1.82, 2.24) is 15.1 Å². The zero-order valence-electron chi connectivity index (χ0n) is 16.4. The second-order valence-corrected chi connectivity index (χ2v) is 7.68. The summed E-state index contributed by atoms with van der Waals surface area (Å²) in [6, 6.07) is 9.29. The number of rotatable bonds is 6. The number of carbonyl (C=O) groups is 2. The lowest BCUT2D eigenvalue weighted by atomic mass is 9.96. The van der Waals surface area contributed by atoms with Crippen LogP contribution in [0.4, 0.5) is 0 Å². The molecule has 27 heavy (non-hydrogen) atoms. The summed E-state index contributed by atoms with van der Waals surface area (Å²) in [5, 5.41) is 3.03. The molecule has 1 aromatic rings. The Morgan fingerprint density at radius 3 is 2.56 bits per heavy atom. The highest BCUT2D eigenvalue weighted by Crippen LogP contribution is 2.32. The maximum Gasteiger partial charge on any atom is 0.251 e. The van der Waals surface area contributed by atoms with Crippen LogP contribution in [0, 0.1) is 0 Å². The van der Waals surface area contributed by atoms with E-state index < -0.39 is 12.1 Å². The van der Waals surface area contributed by atoms with Gasteiger partial charge in [-0.25, -0.2) is 0 Å². The molecule has 2 heterocycles. The van der Waals surface area contributed by atoms with Gasteiger partial charge in [-0.3, -0.25) is 9.59 Å². The van der Waals surface area contributed by atoms with E-state index in [1.54, 1.807) is 4.90 Å². The number of hydrogen-bond acceptors (Lipinski definition) is 4. The molecule has 0 aliphatic carbocycles. The second kappa shape index (κ2) is 9.33. The summed E-state index contributed by atoms with van der Waals surface area (Å²) < 4.78 is 5.73. The molecule has 1 N–H and O–H groups in total. The van der Waals surface area contributed by atoms with E-state index in [0.29, 0.717) is 6.54 Å². The minimum atomic E-state index is -0.686. The van der Waals surface area contributed by atoms with E-state index in [4.69, 9.17) is 4.74 Å². The first kappa shape index (κ1) is 19.8. The summed E-state index contributed by atoms with van der Waals surface area (Å²) in [4.78, 5) is 29.6. The fourth-order valence-electron chi connectivity index (χ4n) is 4.06. The van der Waals surface area contributed by atoms with Crippen LogP contribution in [0.3, 0.4) is 0 Å². The van der Waals surface area contributed by atoms with Crippen molar-refractivity contribution in [3.8, 4) is 0 Å².